The zero-order chi connectivity index (χ0) is 16.7. The van der Waals surface area contributed by atoms with E-state index in [1.54, 1.807) is 6.92 Å². The lowest BCUT2D eigenvalue weighted by Gasteiger charge is -2.02. The van der Waals surface area contributed by atoms with E-state index >= 15 is 0 Å². The molecule has 0 aliphatic heterocycles. The fourth-order valence-corrected chi connectivity index (χ4v) is 3.05. The number of aryl methyl sites for hydroxylation is 1. The standard InChI is InChI=1S/C15H17N3O3S2/c1-3-21-13(20)9-22-8-12(19)16-15-18-17-14(23-15)11-6-4-10(2)5-7-11/h4-7H,3,8-9H2,1-2H3,(H,16,18,19). The van der Waals surface area contributed by atoms with Gasteiger partial charge in [0.2, 0.25) is 11.0 Å². The van der Waals surface area contributed by atoms with Crippen LogP contribution in [0.15, 0.2) is 24.3 Å². The van der Waals surface area contributed by atoms with Gasteiger partial charge in [0.05, 0.1) is 18.1 Å². The molecule has 8 heteroatoms. The van der Waals surface area contributed by atoms with Gasteiger partial charge in [-0.2, -0.15) is 0 Å². The number of hydrogen-bond acceptors (Lipinski definition) is 7. The molecule has 0 spiro atoms. The third kappa shape index (κ3) is 5.65. The van der Waals surface area contributed by atoms with Crippen molar-refractivity contribution in [2.75, 3.05) is 23.4 Å². The molecule has 0 atom stereocenters. The molecule has 0 unspecified atom stereocenters. The molecule has 2 rings (SSSR count). The Morgan fingerprint density at radius 3 is 2.65 bits per heavy atom. The number of ether oxygens (including phenoxy) is 1. The van der Waals surface area contributed by atoms with Crippen molar-refractivity contribution in [1.29, 1.82) is 0 Å². The van der Waals surface area contributed by atoms with E-state index in [4.69, 9.17) is 4.74 Å². The third-order valence-corrected chi connectivity index (χ3v) is 4.52. The van der Waals surface area contributed by atoms with Gasteiger partial charge in [0.15, 0.2) is 0 Å². The molecule has 122 valence electrons. The van der Waals surface area contributed by atoms with Crippen molar-refractivity contribution >= 4 is 40.1 Å². The summed E-state index contributed by atoms with van der Waals surface area (Å²) in [6.45, 7) is 4.11. The number of anilines is 1. The van der Waals surface area contributed by atoms with Crippen LogP contribution in [0.2, 0.25) is 0 Å². The van der Waals surface area contributed by atoms with E-state index in [1.807, 2.05) is 31.2 Å². The first-order valence-corrected chi connectivity index (χ1v) is 8.99. The molecule has 1 aromatic heterocycles. The Kier molecular flexibility index (Phi) is 6.54. The molecule has 23 heavy (non-hydrogen) atoms. The van der Waals surface area contributed by atoms with E-state index in [2.05, 4.69) is 15.5 Å². The molecule has 1 N–H and O–H groups in total. The van der Waals surface area contributed by atoms with Gasteiger partial charge in [-0.3, -0.25) is 14.9 Å². The summed E-state index contributed by atoms with van der Waals surface area (Å²) < 4.78 is 4.79. The van der Waals surface area contributed by atoms with Crippen molar-refractivity contribution in [3.63, 3.8) is 0 Å². The Hall–Kier alpha value is -1.93. The first-order chi connectivity index (χ1) is 11.1. The van der Waals surface area contributed by atoms with Crippen LogP contribution >= 0.6 is 23.1 Å². The summed E-state index contributed by atoms with van der Waals surface area (Å²) in [6, 6.07) is 7.94. The van der Waals surface area contributed by atoms with Crippen LogP contribution in [0.5, 0.6) is 0 Å². The second-order valence-electron chi connectivity index (χ2n) is 4.62. The molecule has 0 saturated carbocycles. The number of hydrogen-bond donors (Lipinski definition) is 1. The Bertz CT molecular complexity index is 671. The second-order valence-corrected chi connectivity index (χ2v) is 6.59. The molecule has 0 radical (unpaired) electrons. The lowest BCUT2D eigenvalue weighted by molar-refractivity contribution is -0.139. The lowest BCUT2D eigenvalue weighted by atomic mass is 10.2. The predicted molar refractivity (Wildman–Crippen MR) is 92.7 cm³/mol. The minimum atomic E-state index is -0.317. The average molecular weight is 351 g/mol. The fraction of sp³-hybridized carbons (Fsp3) is 0.333. The van der Waals surface area contributed by atoms with Gasteiger partial charge < -0.3 is 4.74 Å². The maximum Gasteiger partial charge on any atom is 0.315 e. The van der Waals surface area contributed by atoms with Gasteiger partial charge in [0.1, 0.15) is 5.01 Å². The largest absolute Gasteiger partial charge is 0.465 e. The van der Waals surface area contributed by atoms with Gasteiger partial charge in [0, 0.05) is 5.56 Å². The van der Waals surface area contributed by atoms with Crippen molar-refractivity contribution in [2.24, 2.45) is 0 Å². The number of esters is 1. The molecule has 0 bridgehead atoms. The van der Waals surface area contributed by atoms with Crippen LogP contribution in [0.25, 0.3) is 10.6 Å². The topological polar surface area (TPSA) is 81.2 Å². The molecule has 1 amide bonds. The molecular formula is C15H17N3O3S2. The van der Waals surface area contributed by atoms with E-state index in [0.29, 0.717) is 11.7 Å². The molecule has 0 fully saturated rings. The Morgan fingerprint density at radius 2 is 1.96 bits per heavy atom. The zero-order valence-electron chi connectivity index (χ0n) is 12.9. The van der Waals surface area contributed by atoms with Crippen molar-refractivity contribution in [2.45, 2.75) is 13.8 Å². The average Bonchev–Trinajstić information content (AvgIpc) is 2.96. The third-order valence-electron chi connectivity index (χ3n) is 2.73. The minimum absolute atomic E-state index is 0.159. The number of carbonyl (C=O) groups excluding carboxylic acids is 2. The highest BCUT2D eigenvalue weighted by Gasteiger charge is 2.11. The van der Waals surface area contributed by atoms with Crippen LogP contribution in [0.4, 0.5) is 5.13 Å². The zero-order valence-corrected chi connectivity index (χ0v) is 14.5. The number of nitrogens with one attached hydrogen (secondary N) is 1. The van der Waals surface area contributed by atoms with Gasteiger partial charge in [0.25, 0.3) is 0 Å². The van der Waals surface area contributed by atoms with Gasteiger partial charge in [-0.05, 0) is 13.8 Å². The highest BCUT2D eigenvalue weighted by Crippen LogP contribution is 2.26. The fourth-order valence-electron chi connectivity index (χ4n) is 1.67. The summed E-state index contributed by atoms with van der Waals surface area (Å²) >= 11 is 2.52. The van der Waals surface area contributed by atoms with Gasteiger partial charge in [-0.25, -0.2) is 0 Å². The molecule has 0 aliphatic carbocycles. The minimum Gasteiger partial charge on any atom is -0.465 e. The van der Waals surface area contributed by atoms with E-state index in [-0.39, 0.29) is 23.4 Å². The Balaban J connectivity index is 1.83. The normalized spacial score (nSPS) is 10.3. The maximum atomic E-state index is 11.8. The molecular weight excluding hydrogens is 334 g/mol. The van der Waals surface area contributed by atoms with E-state index in [1.165, 1.54) is 28.7 Å². The van der Waals surface area contributed by atoms with Crippen molar-refractivity contribution in [3.8, 4) is 10.6 Å². The first kappa shape index (κ1) is 17.4. The number of nitrogens with zero attached hydrogens (tertiary/aromatic N) is 2. The van der Waals surface area contributed by atoms with Gasteiger partial charge in [-0.1, -0.05) is 41.2 Å². The lowest BCUT2D eigenvalue weighted by Crippen LogP contribution is -2.16. The van der Waals surface area contributed by atoms with Crippen LogP contribution in [0.3, 0.4) is 0 Å². The summed E-state index contributed by atoms with van der Waals surface area (Å²) in [7, 11) is 0. The SMILES string of the molecule is CCOC(=O)CSCC(=O)Nc1nnc(-c2ccc(C)cc2)s1. The monoisotopic (exact) mass is 351 g/mol. The maximum absolute atomic E-state index is 11.8. The summed E-state index contributed by atoms with van der Waals surface area (Å²) in [5.41, 5.74) is 2.13. The van der Waals surface area contributed by atoms with E-state index in [9.17, 15) is 9.59 Å². The highest BCUT2D eigenvalue weighted by atomic mass is 32.2. The highest BCUT2D eigenvalue weighted by molar-refractivity contribution is 8.00. The van der Waals surface area contributed by atoms with Gasteiger partial charge >= 0.3 is 5.97 Å². The van der Waals surface area contributed by atoms with E-state index < -0.39 is 0 Å². The molecule has 6 nitrogen and oxygen atoms in total. The molecule has 0 saturated heterocycles. The smallest absolute Gasteiger partial charge is 0.315 e. The van der Waals surface area contributed by atoms with Crippen molar-refractivity contribution in [1.82, 2.24) is 10.2 Å². The molecule has 0 aliphatic rings. The van der Waals surface area contributed by atoms with E-state index in [0.717, 1.165) is 10.6 Å². The van der Waals surface area contributed by atoms with Crippen LogP contribution in [0, 0.1) is 6.92 Å². The number of benzene rings is 1. The van der Waals surface area contributed by atoms with Gasteiger partial charge in [-0.15, -0.1) is 22.0 Å². The summed E-state index contributed by atoms with van der Waals surface area (Å²) in [5, 5.41) is 11.9. The first-order valence-electron chi connectivity index (χ1n) is 7.02. The number of thioether (sulfide) groups is 1. The molecule has 2 aromatic rings. The van der Waals surface area contributed by atoms with Crippen LogP contribution < -0.4 is 5.32 Å². The number of aromatic nitrogens is 2. The quantitative estimate of drug-likeness (QED) is 0.773. The van der Waals surface area contributed by atoms with Crippen molar-refractivity contribution < 1.29 is 14.3 Å². The Morgan fingerprint density at radius 1 is 1.22 bits per heavy atom. The van der Waals surface area contributed by atoms with Crippen molar-refractivity contribution in [3.05, 3.63) is 29.8 Å². The predicted octanol–water partition coefficient (Wildman–Crippen LogP) is 2.75. The number of carbonyl (C=O) groups is 2. The second kappa shape index (κ2) is 8.64. The Labute approximate surface area is 142 Å². The van der Waals surface area contributed by atoms with Crippen LogP contribution in [-0.4, -0.2) is 40.2 Å². The summed E-state index contributed by atoms with van der Waals surface area (Å²) in [5.74, 6) is -0.210. The van der Waals surface area contributed by atoms with Crippen LogP contribution in [-0.2, 0) is 14.3 Å². The summed E-state index contributed by atoms with van der Waals surface area (Å²) in [6.07, 6.45) is 0. The number of amides is 1. The summed E-state index contributed by atoms with van der Waals surface area (Å²) in [4.78, 5) is 23.0. The molecule has 1 aromatic carbocycles. The van der Waals surface area contributed by atoms with Crippen LogP contribution in [0.1, 0.15) is 12.5 Å². The number of rotatable bonds is 7. The molecule has 1 heterocycles.